The Morgan fingerprint density at radius 2 is 2.00 bits per heavy atom. The summed E-state index contributed by atoms with van der Waals surface area (Å²) in [5.41, 5.74) is 4.23. The third-order valence-corrected chi connectivity index (χ3v) is 5.89. The van der Waals surface area contributed by atoms with Crippen LogP contribution in [0.4, 0.5) is 0 Å². The summed E-state index contributed by atoms with van der Waals surface area (Å²) >= 11 is 3.21. The number of ether oxygens (including phenoxy) is 1. The minimum atomic E-state index is 0.667. The molecule has 2 heterocycles. The van der Waals surface area contributed by atoms with E-state index in [0.717, 1.165) is 32.9 Å². The van der Waals surface area contributed by atoms with Crippen LogP contribution in [0.1, 0.15) is 18.2 Å². The van der Waals surface area contributed by atoms with E-state index in [9.17, 15) is 0 Å². The summed E-state index contributed by atoms with van der Waals surface area (Å²) in [6.07, 6.45) is 0. The van der Waals surface area contributed by atoms with Gasteiger partial charge in [-0.05, 0) is 66.2 Å². The summed E-state index contributed by atoms with van der Waals surface area (Å²) in [4.78, 5) is 4.75. The monoisotopic (exact) mass is 409 g/mol. The lowest BCUT2D eigenvalue weighted by Gasteiger charge is -2.04. The molecule has 0 bridgehead atoms. The predicted molar refractivity (Wildman–Crippen MR) is 112 cm³/mol. The normalized spacial score (nSPS) is 10.9. The van der Waals surface area contributed by atoms with Crippen LogP contribution in [-0.2, 0) is 5.75 Å². The van der Waals surface area contributed by atoms with E-state index in [1.807, 2.05) is 43.3 Å². The highest BCUT2D eigenvalue weighted by molar-refractivity contribution is 7.98. The third-order valence-electron chi connectivity index (χ3n) is 4.00. The number of tetrazole rings is 1. The summed E-state index contributed by atoms with van der Waals surface area (Å²) in [6, 6.07) is 16.2. The smallest absolute Gasteiger partial charge is 0.214 e. The van der Waals surface area contributed by atoms with Gasteiger partial charge in [-0.15, -0.1) is 16.4 Å². The number of aryl methyl sites for hydroxylation is 1. The predicted octanol–water partition coefficient (Wildman–Crippen LogP) is 4.79. The highest BCUT2D eigenvalue weighted by Crippen LogP contribution is 2.29. The molecule has 0 radical (unpaired) electrons. The fraction of sp³-hybridized carbons (Fsp3) is 0.200. The maximum atomic E-state index is 5.50. The van der Waals surface area contributed by atoms with Gasteiger partial charge in [-0.3, -0.25) is 0 Å². The zero-order chi connectivity index (χ0) is 19.3. The maximum absolute atomic E-state index is 5.50. The van der Waals surface area contributed by atoms with Crippen LogP contribution in [0.2, 0.25) is 0 Å². The molecule has 0 aliphatic heterocycles. The maximum Gasteiger partial charge on any atom is 0.214 e. The molecule has 0 aliphatic carbocycles. The van der Waals surface area contributed by atoms with Gasteiger partial charge < -0.3 is 4.74 Å². The molecule has 0 N–H and O–H groups in total. The van der Waals surface area contributed by atoms with E-state index in [0.29, 0.717) is 12.4 Å². The van der Waals surface area contributed by atoms with Crippen molar-refractivity contribution in [1.82, 2.24) is 25.2 Å². The van der Waals surface area contributed by atoms with E-state index < -0.39 is 0 Å². The first-order chi connectivity index (χ1) is 13.7. The first-order valence-electron chi connectivity index (χ1n) is 8.89. The Morgan fingerprint density at radius 1 is 1.14 bits per heavy atom. The third kappa shape index (κ3) is 4.23. The number of benzene rings is 2. The van der Waals surface area contributed by atoms with E-state index in [-0.39, 0.29) is 0 Å². The molecule has 0 aliphatic rings. The molecule has 2 aromatic carbocycles. The molecule has 0 amide bonds. The quantitative estimate of drug-likeness (QED) is 0.409. The zero-order valence-electron chi connectivity index (χ0n) is 15.6. The van der Waals surface area contributed by atoms with Gasteiger partial charge in [0.2, 0.25) is 5.16 Å². The summed E-state index contributed by atoms with van der Waals surface area (Å²) in [7, 11) is 0. The lowest BCUT2D eigenvalue weighted by molar-refractivity contribution is 0.340. The molecule has 0 saturated heterocycles. The van der Waals surface area contributed by atoms with Crippen LogP contribution in [-0.4, -0.2) is 31.8 Å². The van der Waals surface area contributed by atoms with E-state index in [2.05, 4.69) is 40.0 Å². The fourth-order valence-electron chi connectivity index (χ4n) is 2.70. The molecular formula is C20H19N5OS2. The van der Waals surface area contributed by atoms with Crippen LogP contribution < -0.4 is 4.74 Å². The van der Waals surface area contributed by atoms with Crippen LogP contribution in [0.5, 0.6) is 5.75 Å². The standard InChI is InChI=1S/C20H19N5OS2/c1-3-26-18-9-7-15(8-10-18)19-21-16(12-27-19)13-28-20-22-23-24-25(20)17-6-4-5-14(2)11-17/h4-12H,3,13H2,1-2H3. The van der Waals surface area contributed by atoms with Crippen molar-refractivity contribution < 1.29 is 4.74 Å². The Bertz CT molecular complexity index is 1060. The van der Waals surface area contributed by atoms with E-state index in [4.69, 9.17) is 9.72 Å². The van der Waals surface area contributed by atoms with Crippen molar-refractivity contribution in [2.45, 2.75) is 24.8 Å². The van der Waals surface area contributed by atoms with Crippen LogP contribution in [0.15, 0.2) is 59.1 Å². The first-order valence-corrected chi connectivity index (χ1v) is 10.8. The number of thioether (sulfide) groups is 1. The van der Waals surface area contributed by atoms with Crippen molar-refractivity contribution in [1.29, 1.82) is 0 Å². The van der Waals surface area contributed by atoms with Crippen LogP contribution in [0.25, 0.3) is 16.3 Å². The average Bonchev–Trinajstić information content (AvgIpc) is 3.37. The van der Waals surface area contributed by atoms with E-state index >= 15 is 0 Å². The number of rotatable bonds is 7. The summed E-state index contributed by atoms with van der Waals surface area (Å²) in [5.74, 6) is 1.58. The largest absolute Gasteiger partial charge is 0.494 e. The molecule has 0 fully saturated rings. The highest BCUT2D eigenvalue weighted by atomic mass is 32.2. The molecule has 2 aromatic heterocycles. The fourth-order valence-corrected chi connectivity index (χ4v) is 4.41. The highest BCUT2D eigenvalue weighted by Gasteiger charge is 2.11. The summed E-state index contributed by atoms with van der Waals surface area (Å²) in [6.45, 7) is 4.70. The number of hydrogen-bond donors (Lipinski definition) is 0. The van der Waals surface area contributed by atoms with Gasteiger partial charge in [-0.25, -0.2) is 4.98 Å². The number of hydrogen-bond acceptors (Lipinski definition) is 7. The molecule has 0 saturated carbocycles. The lowest BCUT2D eigenvalue weighted by atomic mass is 10.2. The number of aromatic nitrogens is 5. The molecular weight excluding hydrogens is 390 g/mol. The van der Waals surface area contributed by atoms with Crippen LogP contribution in [0.3, 0.4) is 0 Å². The van der Waals surface area contributed by atoms with E-state index in [1.165, 1.54) is 5.56 Å². The Balaban J connectivity index is 1.45. The zero-order valence-corrected chi connectivity index (χ0v) is 17.2. The molecule has 8 heteroatoms. The van der Waals surface area contributed by atoms with Gasteiger partial charge in [-0.1, -0.05) is 23.9 Å². The van der Waals surface area contributed by atoms with Crippen molar-refractivity contribution in [3.63, 3.8) is 0 Å². The molecule has 4 aromatic rings. The molecule has 0 unspecified atom stereocenters. The molecule has 28 heavy (non-hydrogen) atoms. The van der Waals surface area contributed by atoms with Crippen molar-refractivity contribution in [2.75, 3.05) is 6.61 Å². The van der Waals surface area contributed by atoms with Crippen LogP contribution >= 0.6 is 23.1 Å². The molecule has 142 valence electrons. The Hall–Kier alpha value is -2.71. The second kappa shape index (κ2) is 8.53. The minimum Gasteiger partial charge on any atom is -0.494 e. The summed E-state index contributed by atoms with van der Waals surface area (Å²) in [5, 5.41) is 15.9. The number of nitrogens with zero attached hydrogens (tertiary/aromatic N) is 5. The average molecular weight is 410 g/mol. The Kier molecular flexibility index (Phi) is 5.68. The van der Waals surface area contributed by atoms with Crippen LogP contribution in [0, 0.1) is 6.92 Å². The van der Waals surface area contributed by atoms with E-state index in [1.54, 1.807) is 27.8 Å². The van der Waals surface area contributed by atoms with Gasteiger partial charge in [0.1, 0.15) is 10.8 Å². The van der Waals surface area contributed by atoms with Gasteiger partial charge in [0, 0.05) is 16.7 Å². The van der Waals surface area contributed by atoms with Gasteiger partial charge in [0.25, 0.3) is 0 Å². The molecule has 6 nitrogen and oxygen atoms in total. The molecule has 4 rings (SSSR count). The summed E-state index contributed by atoms with van der Waals surface area (Å²) < 4.78 is 7.26. The topological polar surface area (TPSA) is 65.7 Å². The van der Waals surface area contributed by atoms with Gasteiger partial charge in [-0.2, -0.15) is 4.68 Å². The number of thiazole rings is 1. The van der Waals surface area contributed by atoms with Gasteiger partial charge >= 0.3 is 0 Å². The molecule has 0 atom stereocenters. The van der Waals surface area contributed by atoms with Gasteiger partial charge in [0.15, 0.2) is 0 Å². The Labute approximate surface area is 171 Å². The van der Waals surface area contributed by atoms with Gasteiger partial charge in [0.05, 0.1) is 18.0 Å². The van der Waals surface area contributed by atoms with Crippen molar-refractivity contribution >= 4 is 23.1 Å². The SMILES string of the molecule is CCOc1ccc(-c2nc(CSc3nnnn3-c3cccc(C)c3)cs2)cc1. The minimum absolute atomic E-state index is 0.667. The van der Waals surface area contributed by atoms with Crippen molar-refractivity contribution in [2.24, 2.45) is 0 Å². The second-order valence-corrected chi connectivity index (χ2v) is 7.90. The molecule has 0 spiro atoms. The lowest BCUT2D eigenvalue weighted by Crippen LogP contribution is -1.99. The van der Waals surface area contributed by atoms with Crippen molar-refractivity contribution in [3.8, 4) is 22.0 Å². The van der Waals surface area contributed by atoms with Crippen molar-refractivity contribution in [3.05, 3.63) is 65.2 Å². The Morgan fingerprint density at radius 3 is 2.79 bits per heavy atom. The first kappa shape index (κ1) is 18.6. The second-order valence-electron chi connectivity index (χ2n) is 6.10.